The molecule has 0 atom stereocenters. The molecule has 2 rings (SSSR count). The molecular weight excluding hydrogens is 362 g/mol. The largest absolute Gasteiger partial charge is 0.494 e. The molecule has 1 aromatic rings. The molecule has 1 aliphatic rings. The lowest BCUT2D eigenvalue weighted by atomic mass is 9.96. The summed E-state index contributed by atoms with van der Waals surface area (Å²) in [7, 11) is 0. The van der Waals surface area contributed by atoms with Gasteiger partial charge in [0.25, 0.3) is 0 Å². The highest BCUT2D eigenvalue weighted by atomic mass is 16.5. The first kappa shape index (κ1) is 21.5. The van der Waals surface area contributed by atoms with E-state index in [0.717, 1.165) is 31.2 Å². The molecule has 0 saturated heterocycles. The number of carbonyl (C=O) groups is 3. The summed E-state index contributed by atoms with van der Waals surface area (Å²) in [4.78, 5) is 34.1. The van der Waals surface area contributed by atoms with Crippen LogP contribution in [0.2, 0.25) is 0 Å². The summed E-state index contributed by atoms with van der Waals surface area (Å²) >= 11 is 0. The van der Waals surface area contributed by atoms with Crippen LogP contribution in [0.25, 0.3) is 0 Å². The first-order valence-corrected chi connectivity index (χ1v) is 9.77. The summed E-state index contributed by atoms with van der Waals surface area (Å²) in [6.45, 7) is 0.629. The quantitative estimate of drug-likeness (QED) is 0.456. The van der Waals surface area contributed by atoms with Crippen LogP contribution in [-0.2, 0) is 16.1 Å². The Morgan fingerprint density at radius 1 is 1.04 bits per heavy atom. The maximum atomic E-state index is 11.9. The van der Waals surface area contributed by atoms with Gasteiger partial charge in [-0.05, 0) is 37.0 Å². The molecule has 154 valence electrons. The molecular formula is C20H29N3O5. The minimum absolute atomic E-state index is 0.0661. The monoisotopic (exact) mass is 391 g/mol. The summed E-state index contributed by atoms with van der Waals surface area (Å²) in [5.41, 5.74) is 0.901. The molecule has 0 heterocycles. The number of hydrogen-bond donors (Lipinski definition) is 4. The Kier molecular flexibility index (Phi) is 9.10. The maximum absolute atomic E-state index is 11.9. The van der Waals surface area contributed by atoms with E-state index in [-0.39, 0.29) is 30.9 Å². The Hall–Kier alpha value is -2.77. The molecule has 8 nitrogen and oxygen atoms in total. The van der Waals surface area contributed by atoms with Gasteiger partial charge in [0.15, 0.2) is 0 Å². The Morgan fingerprint density at radius 2 is 1.75 bits per heavy atom. The van der Waals surface area contributed by atoms with Gasteiger partial charge in [0.05, 0.1) is 13.2 Å². The fourth-order valence-electron chi connectivity index (χ4n) is 3.02. The Balaban J connectivity index is 1.59. The standard InChI is InChI=1S/C20H29N3O5/c24-18(14-22-20(27)23-16-5-2-1-3-6-16)21-13-15-8-10-17(11-9-15)28-12-4-7-19(25)26/h8-11,16H,1-7,12-14H2,(H,21,24)(H,25,26)(H2,22,23,27). The van der Waals surface area contributed by atoms with E-state index in [0.29, 0.717) is 25.3 Å². The zero-order valence-electron chi connectivity index (χ0n) is 16.0. The second-order valence-corrected chi connectivity index (χ2v) is 6.93. The molecule has 4 N–H and O–H groups in total. The van der Waals surface area contributed by atoms with E-state index in [2.05, 4.69) is 16.0 Å². The minimum atomic E-state index is -0.837. The molecule has 0 spiro atoms. The predicted molar refractivity (Wildman–Crippen MR) is 104 cm³/mol. The molecule has 0 aromatic heterocycles. The number of hydrogen-bond acceptors (Lipinski definition) is 4. The summed E-state index contributed by atoms with van der Waals surface area (Å²) in [6.07, 6.45) is 6.03. The third kappa shape index (κ3) is 8.75. The molecule has 3 amide bonds. The van der Waals surface area contributed by atoms with Gasteiger partial charge in [-0.3, -0.25) is 9.59 Å². The van der Waals surface area contributed by atoms with Crippen LogP contribution in [0, 0.1) is 0 Å². The lowest BCUT2D eigenvalue weighted by molar-refractivity contribution is -0.137. The first-order valence-electron chi connectivity index (χ1n) is 9.77. The summed E-state index contributed by atoms with van der Waals surface area (Å²) in [5, 5.41) is 16.8. The Bertz CT molecular complexity index is 642. The number of carbonyl (C=O) groups excluding carboxylic acids is 2. The second-order valence-electron chi connectivity index (χ2n) is 6.93. The van der Waals surface area contributed by atoms with Crippen molar-refractivity contribution in [1.29, 1.82) is 0 Å². The van der Waals surface area contributed by atoms with Crippen molar-refractivity contribution in [3.63, 3.8) is 0 Å². The number of carboxylic acids is 1. The smallest absolute Gasteiger partial charge is 0.315 e. The van der Waals surface area contributed by atoms with Gasteiger partial charge in [-0.25, -0.2) is 4.79 Å². The van der Waals surface area contributed by atoms with Gasteiger partial charge in [-0.2, -0.15) is 0 Å². The number of rotatable bonds is 10. The predicted octanol–water partition coefficient (Wildman–Crippen LogP) is 2.18. The van der Waals surface area contributed by atoms with E-state index >= 15 is 0 Å². The highest BCUT2D eigenvalue weighted by molar-refractivity contribution is 5.83. The van der Waals surface area contributed by atoms with Crippen LogP contribution in [0.3, 0.4) is 0 Å². The SMILES string of the molecule is O=C(O)CCCOc1ccc(CNC(=O)CNC(=O)NC2CCCCC2)cc1. The van der Waals surface area contributed by atoms with Crippen LogP contribution in [0.1, 0.15) is 50.5 Å². The molecule has 0 aliphatic heterocycles. The van der Waals surface area contributed by atoms with Crippen LogP contribution in [0.5, 0.6) is 5.75 Å². The fourth-order valence-corrected chi connectivity index (χ4v) is 3.02. The highest BCUT2D eigenvalue weighted by Crippen LogP contribution is 2.17. The van der Waals surface area contributed by atoms with Gasteiger partial charge < -0.3 is 25.8 Å². The van der Waals surface area contributed by atoms with E-state index in [4.69, 9.17) is 9.84 Å². The van der Waals surface area contributed by atoms with Crippen molar-refractivity contribution in [2.45, 2.75) is 57.5 Å². The summed E-state index contributed by atoms with van der Waals surface area (Å²) in [6, 6.07) is 7.12. The molecule has 0 bridgehead atoms. The van der Waals surface area contributed by atoms with Crippen LogP contribution >= 0.6 is 0 Å². The van der Waals surface area contributed by atoms with Crippen molar-refractivity contribution in [2.75, 3.05) is 13.2 Å². The second kappa shape index (κ2) is 11.8. The van der Waals surface area contributed by atoms with Crippen LogP contribution < -0.4 is 20.7 Å². The molecule has 0 unspecified atom stereocenters. The van der Waals surface area contributed by atoms with Crippen LogP contribution in [-0.4, -0.2) is 42.2 Å². The number of amides is 3. The average molecular weight is 391 g/mol. The fraction of sp³-hybridized carbons (Fsp3) is 0.550. The van der Waals surface area contributed by atoms with Gasteiger partial charge >= 0.3 is 12.0 Å². The highest BCUT2D eigenvalue weighted by Gasteiger charge is 2.15. The number of benzene rings is 1. The maximum Gasteiger partial charge on any atom is 0.315 e. The topological polar surface area (TPSA) is 117 Å². The van der Waals surface area contributed by atoms with E-state index in [1.807, 2.05) is 12.1 Å². The number of aliphatic carboxylic acids is 1. The zero-order valence-corrected chi connectivity index (χ0v) is 16.0. The van der Waals surface area contributed by atoms with Crippen molar-refractivity contribution >= 4 is 17.9 Å². The molecule has 1 fully saturated rings. The van der Waals surface area contributed by atoms with Crippen molar-refractivity contribution in [3.8, 4) is 5.75 Å². The van der Waals surface area contributed by atoms with Crippen LogP contribution in [0.15, 0.2) is 24.3 Å². The van der Waals surface area contributed by atoms with E-state index in [1.54, 1.807) is 12.1 Å². The van der Waals surface area contributed by atoms with Crippen molar-refractivity contribution in [2.24, 2.45) is 0 Å². The molecule has 8 heteroatoms. The third-order valence-corrected chi connectivity index (χ3v) is 4.57. The normalized spacial score (nSPS) is 14.1. The van der Waals surface area contributed by atoms with Gasteiger partial charge in [0.2, 0.25) is 5.91 Å². The lowest BCUT2D eigenvalue weighted by Gasteiger charge is -2.22. The van der Waals surface area contributed by atoms with Crippen molar-refractivity contribution < 1.29 is 24.2 Å². The zero-order chi connectivity index (χ0) is 20.2. The van der Waals surface area contributed by atoms with E-state index < -0.39 is 5.97 Å². The van der Waals surface area contributed by atoms with Gasteiger partial charge in [0, 0.05) is 19.0 Å². The van der Waals surface area contributed by atoms with Gasteiger partial charge in [-0.15, -0.1) is 0 Å². The minimum Gasteiger partial charge on any atom is -0.494 e. The van der Waals surface area contributed by atoms with Crippen molar-refractivity contribution in [3.05, 3.63) is 29.8 Å². The Morgan fingerprint density at radius 3 is 2.43 bits per heavy atom. The molecule has 1 aromatic carbocycles. The van der Waals surface area contributed by atoms with Gasteiger partial charge in [0.1, 0.15) is 5.75 Å². The third-order valence-electron chi connectivity index (χ3n) is 4.57. The first-order chi connectivity index (χ1) is 13.5. The molecule has 0 radical (unpaired) electrons. The molecule has 1 aliphatic carbocycles. The summed E-state index contributed by atoms with van der Waals surface area (Å²) in [5.74, 6) is -0.440. The number of carboxylic acid groups (broad SMARTS) is 1. The molecule has 1 saturated carbocycles. The molecule has 28 heavy (non-hydrogen) atoms. The van der Waals surface area contributed by atoms with E-state index in [9.17, 15) is 14.4 Å². The summed E-state index contributed by atoms with van der Waals surface area (Å²) < 4.78 is 5.46. The van der Waals surface area contributed by atoms with E-state index in [1.165, 1.54) is 6.42 Å². The average Bonchev–Trinajstić information content (AvgIpc) is 2.69. The van der Waals surface area contributed by atoms with Crippen molar-refractivity contribution in [1.82, 2.24) is 16.0 Å². The number of ether oxygens (including phenoxy) is 1. The number of urea groups is 1. The Labute approximate surface area is 165 Å². The lowest BCUT2D eigenvalue weighted by Crippen LogP contribution is -2.46. The van der Waals surface area contributed by atoms with Gasteiger partial charge in [-0.1, -0.05) is 31.4 Å². The number of nitrogens with one attached hydrogen (secondary N) is 3. The van der Waals surface area contributed by atoms with Crippen LogP contribution in [0.4, 0.5) is 4.79 Å².